The predicted octanol–water partition coefficient (Wildman–Crippen LogP) is 7.48. The van der Waals surface area contributed by atoms with Gasteiger partial charge in [-0.3, -0.25) is 14.7 Å². The Hall–Kier alpha value is -4.32. The van der Waals surface area contributed by atoms with E-state index >= 15 is 0 Å². The largest absolute Gasteiger partial charge is 0.456 e. The van der Waals surface area contributed by atoms with Gasteiger partial charge in [0.05, 0.1) is 16.6 Å². The number of carbonyl (C=O) groups excluding carboxylic acids is 1. The summed E-state index contributed by atoms with van der Waals surface area (Å²) in [5, 5.41) is 5.53. The number of aromatic nitrogens is 2. The van der Waals surface area contributed by atoms with Gasteiger partial charge in [-0.2, -0.15) is 13.2 Å². The van der Waals surface area contributed by atoms with E-state index in [-0.39, 0.29) is 17.7 Å². The van der Waals surface area contributed by atoms with Gasteiger partial charge in [-0.15, -0.1) is 11.3 Å². The number of aryl methyl sites for hydroxylation is 1. The molecular weight excluding hydrogens is 587 g/mol. The average Bonchev–Trinajstić information content (AvgIpc) is 3.49. The van der Waals surface area contributed by atoms with Crippen molar-refractivity contribution in [3.8, 4) is 22.8 Å². The monoisotopic (exact) mass is 617 g/mol. The fourth-order valence-corrected chi connectivity index (χ4v) is 5.93. The molecule has 0 atom stereocenters. The second-order valence-corrected chi connectivity index (χ2v) is 11.8. The molecule has 7 nitrogen and oxygen atoms in total. The molecule has 0 unspecified atom stereocenters. The van der Waals surface area contributed by atoms with Crippen LogP contribution in [0.15, 0.2) is 78.4 Å². The number of fused-ring (bicyclic) bond motifs is 1. The molecule has 0 radical (unpaired) electrons. The van der Waals surface area contributed by atoms with E-state index < -0.39 is 17.6 Å². The molecule has 0 saturated carbocycles. The first-order chi connectivity index (χ1) is 21.1. The van der Waals surface area contributed by atoms with E-state index in [0.29, 0.717) is 30.3 Å². The molecule has 0 bridgehead atoms. The van der Waals surface area contributed by atoms with E-state index in [0.717, 1.165) is 46.2 Å². The average molecular weight is 618 g/mol. The third kappa shape index (κ3) is 6.59. The molecule has 0 aliphatic carbocycles. The number of likely N-dealkylation sites (N-methyl/N-ethyl adjacent to an activating group) is 1. The maximum Gasteiger partial charge on any atom is 0.416 e. The molecule has 0 spiro atoms. The van der Waals surface area contributed by atoms with E-state index in [9.17, 15) is 18.0 Å². The highest BCUT2D eigenvalue weighted by atomic mass is 32.1. The minimum Gasteiger partial charge on any atom is -0.456 e. The zero-order valence-electron chi connectivity index (χ0n) is 24.2. The summed E-state index contributed by atoms with van der Waals surface area (Å²) in [7, 11) is 2.00. The first-order valence-electron chi connectivity index (χ1n) is 14.1. The molecule has 1 fully saturated rings. The summed E-state index contributed by atoms with van der Waals surface area (Å²) in [6.07, 6.45) is -1.19. The Morgan fingerprint density at radius 3 is 2.50 bits per heavy atom. The molecular formula is C33H30F3N5O2S. The molecule has 44 heavy (non-hydrogen) atoms. The smallest absolute Gasteiger partial charge is 0.416 e. The maximum atomic E-state index is 14.1. The molecule has 226 valence electrons. The van der Waals surface area contributed by atoms with Gasteiger partial charge in [-0.1, -0.05) is 12.1 Å². The van der Waals surface area contributed by atoms with E-state index in [4.69, 9.17) is 9.72 Å². The summed E-state index contributed by atoms with van der Waals surface area (Å²) >= 11 is 1.50. The maximum absolute atomic E-state index is 14.1. The number of pyridine rings is 2. The van der Waals surface area contributed by atoms with Crippen LogP contribution in [0, 0.1) is 6.92 Å². The van der Waals surface area contributed by atoms with Crippen molar-refractivity contribution in [2.75, 3.05) is 38.5 Å². The number of benzene rings is 2. The highest BCUT2D eigenvalue weighted by Crippen LogP contribution is 2.38. The SMILES string of the molecule is Cc1ccc(NC(=O)c2ccc(CN3CCN(C)CC3)c(C(F)(F)F)c2)cc1Oc1cc(-c2ccncc2)nc2sccc12. The van der Waals surface area contributed by atoms with E-state index in [1.807, 2.05) is 48.5 Å². The number of nitrogens with zero attached hydrogens (tertiary/aromatic N) is 4. The number of piperazine rings is 1. The van der Waals surface area contributed by atoms with Crippen LogP contribution in [-0.2, 0) is 12.7 Å². The van der Waals surface area contributed by atoms with Gasteiger partial charge in [0.2, 0.25) is 0 Å². The third-order valence-electron chi connectivity index (χ3n) is 7.71. The lowest BCUT2D eigenvalue weighted by atomic mass is 10.0. The minimum atomic E-state index is -4.59. The number of nitrogens with one attached hydrogen (secondary N) is 1. The van der Waals surface area contributed by atoms with Crippen molar-refractivity contribution in [3.05, 3.63) is 101 Å². The number of hydrogen-bond donors (Lipinski definition) is 1. The van der Waals surface area contributed by atoms with Crippen molar-refractivity contribution in [2.24, 2.45) is 0 Å². The van der Waals surface area contributed by atoms with Gasteiger partial charge < -0.3 is 15.0 Å². The first kappa shape index (κ1) is 29.7. The first-order valence-corrected chi connectivity index (χ1v) is 15.0. The second kappa shape index (κ2) is 12.4. The zero-order chi connectivity index (χ0) is 30.8. The Morgan fingerprint density at radius 2 is 1.75 bits per heavy atom. The van der Waals surface area contributed by atoms with Crippen molar-refractivity contribution in [2.45, 2.75) is 19.6 Å². The summed E-state index contributed by atoms with van der Waals surface area (Å²) in [6.45, 7) is 5.04. The fraction of sp³-hybridized carbons (Fsp3) is 0.242. The van der Waals surface area contributed by atoms with Crippen molar-refractivity contribution < 1.29 is 22.7 Å². The molecule has 11 heteroatoms. The van der Waals surface area contributed by atoms with Gasteiger partial charge in [0.1, 0.15) is 16.3 Å². The summed E-state index contributed by atoms with van der Waals surface area (Å²) in [5.74, 6) is 0.460. The molecule has 3 aromatic heterocycles. The van der Waals surface area contributed by atoms with Gasteiger partial charge in [-0.25, -0.2) is 4.98 Å². The predicted molar refractivity (Wildman–Crippen MR) is 166 cm³/mol. The van der Waals surface area contributed by atoms with Crippen LogP contribution in [0.2, 0.25) is 0 Å². The number of carbonyl (C=O) groups is 1. The number of rotatable bonds is 7. The lowest BCUT2D eigenvalue weighted by molar-refractivity contribution is -0.138. The molecule has 1 aliphatic heterocycles. The van der Waals surface area contributed by atoms with Gasteiger partial charge in [0, 0.05) is 74.1 Å². The van der Waals surface area contributed by atoms with Crippen LogP contribution in [0.3, 0.4) is 0 Å². The van der Waals surface area contributed by atoms with Crippen molar-refractivity contribution in [3.63, 3.8) is 0 Å². The number of amides is 1. The summed E-state index contributed by atoms with van der Waals surface area (Å²) in [6, 6.07) is 16.5. The molecule has 2 aromatic carbocycles. The molecule has 1 aliphatic rings. The quantitative estimate of drug-likeness (QED) is 0.204. The lowest BCUT2D eigenvalue weighted by Crippen LogP contribution is -2.44. The molecule has 1 saturated heterocycles. The Kier molecular flexibility index (Phi) is 8.35. The van der Waals surface area contributed by atoms with E-state index in [1.54, 1.807) is 30.6 Å². The highest BCUT2D eigenvalue weighted by molar-refractivity contribution is 7.16. The Morgan fingerprint density at radius 1 is 0.977 bits per heavy atom. The fourth-order valence-electron chi connectivity index (χ4n) is 5.15. The van der Waals surface area contributed by atoms with Crippen molar-refractivity contribution in [1.29, 1.82) is 0 Å². The number of alkyl halides is 3. The molecule has 1 amide bonds. The summed E-state index contributed by atoms with van der Waals surface area (Å²) in [4.78, 5) is 27.0. The Bertz CT molecular complexity index is 1800. The number of hydrogen-bond acceptors (Lipinski definition) is 7. The number of anilines is 1. The van der Waals surface area contributed by atoms with Crippen LogP contribution in [0.4, 0.5) is 18.9 Å². The van der Waals surface area contributed by atoms with Crippen LogP contribution in [-0.4, -0.2) is 58.9 Å². The third-order valence-corrected chi connectivity index (χ3v) is 8.52. The number of halogens is 3. The van der Waals surface area contributed by atoms with Gasteiger partial charge >= 0.3 is 6.18 Å². The molecule has 1 N–H and O–H groups in total. The van der Waals surface area contributed by atoms with E-state index in [2.05, 4.69) is 15.2 Å². The normalized spacial score (nSPS) is 14.6. The van der Waals surface area contributed by atoms with Gasteiger partial charge in [0.25, 0.3) is 5.91 Å². The van der Waals surface area contributed by atoms with Gasteiger partial charge in [-0.05, 0) is 66.9 Å². The summed E-state index contributed by atoms with van der Waals surface area (Å²) < 4.78 is 48.6. The van der Waals surface area contributed by atoms with Gasteiger partial charge in [0.15, 0.2) is 0 Å². The van der Waals surface area contributed by atoms with Crippen LogP contribution in [0.25, 0.3) is 21.5 Å². The highest BCUT2D eigenvalue weighted by Gasteiger charge is 2.34. The standard InChI is InChI=1S/C33H30F3N5O2S/c1-21-3-6-25(18-29(21)43-30-19-28(22-7-10-37-11-8-22)39-32-26(30)9-16-44-32)38-31(42)23-4-5-24(27(17-23)33(34,35)36)20-41-14-12-40(2)13-15-41/h3-11,16-19H,12-15,20H2,1-2H3,(H,38,42). The minimum absolute atomic E-state index is 0.0707. The molecule has 5 aromatic rings. The lowest BCUT2D eigenvalue weighted by Gasteiger charge is -2.33. The number of thiophene rings is 1. The second-order valence-electron chi connectivity index (χ2n) is 10.9. The van der Waals surface area contributed by atoms with Crippen molar-refractivity contribution in [1.82, 2.24) is 19.8 Å². The molecule has 6 rings (SSSR count). The Labute approximate surface area is 256 Å². The molecule has 4 heterocycles. The van der Waals surface area contributed by atoms with Crippen LogP contribution >= 0.6 is 11.3 Å². The van der Waals surface area contributed by atoms with Crippen LogP contribution in [0.1, 0.15) is 27.0 Å². The summed E-state index contributed by atoms with van der Waals surface area (Å²) in [5.41, 5.74) is 2.14. The van der Waals surface area contributed by atoms with E-state index in [1.165, 1.54) is 23.5 Å². The zero-order valence-corrected chi connectivity index (χ0v) is 25.0. The van der Waals surface area contributed by atoms with Crippen LogP contribution in [0.5, 0.6) is 11.5 Å². The Balaban J connectivity index is 1.23. The number of ether oxygens (including phenoxy) is 1. The topological polar surface area (TPSA) is 70.6 Å². The van der Waals surface area contributed by atoms with Crippen LogP contribution < -0.4 is 10.1 Å². The van der Waals surface area contributed by atoms with Crippen molar-refractivity contribution >= 4 is 33.1 Å².